The molecule has 0 aliphatic heterocycles. The lowest BCUT2D eigenvalue weighted by atomic mass is 9.84. The van der Waals surface area contributed by atoms with E-state index >= 15 is 0 Å². The summed E-state index contributed by atoms with van der Waals surface area (Å²) in [4.78, 5) is 12.9. The van der Waals surface area contributed by atoms with Crippen molar-refractivity contribution in [1.29, 1.82) is 0 Å². The smallest absolute Gasteiger partial charge is 0.241 e. The fraction of sp³-hybridized carbons (Fsp3) is 0.677. The van der Waals surface area contributed by atoms with Gasteiger partial charge >= 0.3 is 0 Å². The monoisotopic (exact) mass is 586 g/mol. The molecular weight excluding hydrogens is 533 g/mol. The molecule has 1 aliphatic rings. The molecule has 1 heterocycles. The van der Waals surface area contributed by atoms with Gasteiger partial charge in [-0.3, -0.25) is 9.89 Å². The molecule has 2 aromatic rings. The maximum Gasteiger partial charge on any atom is 0.241 e. The molecule has 3 rings (SSSR count). The zero-order valence-electron chi connectivity index (χ0n) is 26.2. The minimum absolute atomic E-state index is 0.0989. The number of amides is 1. The number of H-pyrrole nitrogens is 1. The molecule has 0 spiro atoms. The van der Waals surface area contributed by atoms with E-state index in [1.54, 1.807) is 0 Å². The van der Waals surface area contributed by atoms with E-state index in [9.17, 15) is 4.79 Å². The van der Waals surface area contributed by atoms with E-state index in [2.05, 4.69) is 63.5 Å². The van der Waals surface area contributed by atoms with Crippen molar-refractivity contribution in [2.24, 2.45) is 11.7 Å². The molecule has 3 atom stereocenters. The number of nitrogens with one attached hydrogen (secondary N) is 2. The van der Waals surface area contributed by atoms with Crippen molar-refractivity contribution >= 4 is 27.7 Å². The van der Waals surface area contributed by atoms with Gasteiger partial charge in [-0.2, -0.15) is 5.10 Å². The number of anilines is 1. The quantitative estimate of drug-likeness (QED) is 0.196. The van der Waals surface area contributed by atoms with E-state index in [4.69, 9.17) is 20.3 Å². The second-order valence-corrected chi connectivity index (χ2v) is 25.3. The standard InChI is InChI=1S/C31H54N4O3Si2/c1-22(37-18-20-39(3,4)5)29-27(30(35-34-29)23(2)38-19-21-40(6,7)8)24-14-16-26(17-15-24)33-31(36)28(32)25-12-10-9-11-13-25/h14-17,22-23,25,28H,9-13,18-21,32H2,1-8H3,(H,33,36)(H,34,35)/t22?,23?,28-/m0/s1. The summed E-state index contributed by atoms with van der Waals surface area (Å²) < 4.78 is 12.6. The van der Waals surface area contributed by atoms with Crippen molar-refractivity contribution in [3.05, 3.63) is 35.7 Å². The Morgan fingerprint density at radius 2 is 1.50 bits per heavy atom. The minimum atomic E-state index is -1.20. The van der Waals surface area contributed by atoms with Crippen LogP contribution < -0.4 is 11.1 Å². The molecule has 224 valence electrons. The summed E-state index contributed by atoms with van der Waals surface area (Å²) in [6.07, 6.45) is 5.36. The fourth-order valence-corrected chi connectivity index (χ4v) is 6.62. The van der Waals surface area contributed by atoms with E-state index < -0.39 is 22.2 Å². The first-order chi connectivity index (χ1) is 18.7. The van der Waals surface area contributed by atoms with E-state index in [0.717, 1.165) is 79.2 Å². The van der Waals surface area contributed by atoms with Crippen LogP contribution in [0.25, 0.3) is 11.1 Å². The Bertz CT molecular complexity index is 1030. The first-order valence-electron chi connectivity index (χ1n) is 15.2. The van der Waals surface area contributed by atoms with Gasteiger partial charge in [-0.1, -0.05) is 70.7 Å². The molecule has 0 saturated heterocycles. The van der Waals surface area contributed by atoms with Gasteiger partial charge in [0.2, 0.25) is 5.91 Å². The highest BCUT2D eigenvalue weighted by atomic mass is 28.3. The molecule has 0 radical (unpaired) electrons. The van der Waals surface area contributed by atoms with Gasteiger partial charge in [-0.25, -0.2) is 0 Å². The number of nitrogens with zero attached hydrogens (tertiary/aromatic N) is 1. The van der Waals surface area contributed by atoms with Crippen molar-refractivity contribution in [1.82, 2.24) is 10.2 Å². The van der Waals surface area contributed by atoms with Crippen molar-refractivity contribution in [3.8, 4) is 11.1 Å². The van der Waals surface area contributed by atoms with Crippen LogP contribution in [0.3, 0.4) is 0 Å². The number of nitrogens with two attached hydrogens (primary N) is 1. The van der Waals surface area contributed by atoms with Crippen LogP contribution in [0, 0.1) is 5.92 Å². The topological polar surface area (TPSA) is 102 Å². The molecular formula is C31H54N4O3Si2. The predicted octanol–water partition coefficient (Wildman–Crippen LogP) is 7.75. The van der Waals surface area contributed by atoms with E-state index in [1.807, 2.05) is 24.3 Å². The van der Waals surface area contributed by atoms with Gasteiger partial charge in [0.15, 0.2) is 0 Å². The summed E-state index contributed by atoms with van der Waals surface area (Å²) in [5.74, 6) is 0.173. The maximum atomic E-state index is 12.9. The van der Waals surface area contributed by atoms with E-state index in [1.165, 1.54) is 6.42 Å². The molecule has 1 aromatic heterocycles. The van der Waals surface area contributed by atoms with Crippen LogP contribution >= 0.6 is 0 Å². The Labute approximate surface area is 244 Å². The van der Waals surface area contributed by atoms with Crippen LogP contribution in [0.2, 0.25) is 51.4 Å². The SMILES string of the molecule is CC(OCC[Si](C)(C)C)c1n[nH]c(C(C)OCC[Si](C)(C)C)c1-c1ccc(NC(=O)[C@@H](N)C2CCCCC2)cc1. The van der Waals surface area contributed by atoms with Gasteiger partial charge in [0.1, 0.15) is 0 Å². The van der Waals surface area contributed by atoms with Crippen LogP contribution in [-0.4, -0.2) is 51.5 Å². The van der Waals surface area contributed by atoms with Gasteiger partial charge in [-0.15, -0.1) is 0 Å². The maximum absolute atomic E-state index is 12.9. The van der Waals surface area contributed by atoms with Crippen LogP contribution in [0.1, 0.15) is 69.5 Å². The molecule has 2 unspecified atom stereocenters. The average molecular weight is 587 g/mol. The minimum Gasteiger partial charge on any atom is -0.373 e. The summed E-state index contributed by atoms with van der Waals surface area (Å²) in [6, 6.07) is 9.75. The molecule has 1 fully saturated rings. The van der Waals surface area contributed by atoms with Crippen LogP contribution in [0.15, 0.2) is 24.3 Å². The second-order valence-electron chi connectivity index (χ2n) is 14.0. The molecule has 4 N–H and O–H groups in total. The van der Waals surface area contributed by atoms with Crippen molar-refractivity contribution in [3.63, 3.8) is 0 Å². The Morgan fingerprint density at radius 3 is 2.05 bits per heavy atom. The summed E-state index contributed by atoms with van der Waals surface area (Å²) >= 11 is 0. The van der Waals surface area contributed by atoms with Gasteiger partial charge < -0.3 is 20.5 Å². The zero-order chi connectivity index (χ0) is 29.5. The molecule has 40 heavy (non-hydrogen) atoms. The lowest BCUT2D eigenvalue weighted by molar-refractivity contribution is -0.118. The van der Waals surface area contributed by atoms with E-state index in [0.29, 0.717) is 0 Å². The Hall–Kier alpha value is -1.79. The third kappa shape index (κ3) is 9.94. The van der Waals surface area contributed by atoms with Gasteiger partial charge in [0, 0.05) is 40.6 Å². The van der Waals surface area contributed by atoms with Gasteiger partial charge in [0.25, 0.3) is 0 Å². The Kier molecular flexibility index (Phi) is 11.8. The number of carbonyl (C=O) groups is 1. The number of benzene rings is 1. The van der Waals surface area contributed by atoms with Crippen LogP contribution in [-0.2, 0) is 14.3 Å². The Balaban J connectivity index is 1.79. The lowest BCUT2D eigenvalue weighted by Crippen LogP contribution is -2.42. The van der Waals surface area contributed by atoms with Gasteiger partial charge in [0.05, 0.1) is 29.6 Å². The predicted molar refractivity (Wildman–Crippen MR) is 172 cm³/mol. The van der Waals surface area contributed by atoms with Crippen molar-refractivity contribution < 1.29 is 14.3 Å². The summed E-state index contributed by atoms with van der Waals surface area (Å²) in [6.45, 7) is 19.8. The first-order valence-corrected chi connectivity index (χ1v) is 22.6. The van der Waals surface area contributed by atoms with Crippen LogP contribution in [0.4, 0.5) is 5.69 Å². The highest BCUT2D eigenvalue weighted by Gasteiger charge is 2.27. The number of aromatic nitrogens is 2. The Morgan fingerprint density at radius 1 is 0.950 bits per heavy atom. The van der Waals surface area contributed by atoms with E-state index in [-0.39, 0.29) is 24.0 Å². The molecule has 0 bridgehead atoms. The summed E-state index contributed by atoms with van der Waals surface area (Å²) in [5.41, 5.74) is 11.0. The largest absolute Gasteiger partial charge is 0.373 e. The molecule has 1 aliphatic carbocycles. The third-order valence-electron chi connectivity index (χ3n) is 7.96. The molecule has 7 nitrogen and oxygen atoms in total. The first kappa shape index (κ1) is 32.7. The van der Waals surface area contributed by atoms with Gasteiger partial charge in [-0.05, 0) is 62.4 Å². The van der Waals surface area contributed by atoms with Crippen molar-refractivity contribution in [2.75, 3.05) is 18.5 Å². The lowest BCUT2D eigenvalue weighted by Gasteiger charge is -2.26. The van der Waals surface area contributed by atoms with Crippen LogP contribution in [0.5, 0.6) is 0 Å². The highest BCUT2D eigenvalue weighted by Crippen LogP contribution is 2.36. The number of rotatable bonds is 14. The summed E-state index contributed by atoms with van der Waals surface area (Å²) in [7, 11) is -2.39. The number of hydrogen-bond acceptors (Lipinski definition) is 5. The second kappa shape index (κ2) is 14.4. The number of hydrogen-bond donors (Lipinski definition) is 3. The third-order valence-corrected chi connectivity index (χ3v) is 11.4. The zero-order valence-corrected chi connectivity index (χ0v) is 28.2. The summed E-state index contributed by atoms with van der Waals surface area (Å²) in [5, 5.41) is 11.1. The number of aromatic amines is 1. The molecule has 1 saturated carbocycles. The van der Waals surface area contributed by atoms with Crippen molar-refractivity contribution in [2.45, 2.75) is 116 Å². The number of ether oxygens (including phenoxy) is 2. The fourth-order valence-electron chi connectivity index (χ4n) is 5.16. The molecule has 1 aromatic carbocycles. The number of carbonyl (C=O) groups excluding carboxylic acids is 1. The highest BCUT2D eigenvalue weighted by molar-refractivity contribution is 6.76. The normalized spacial score (nSPS) is 17.4. The molecule has 1 amide bonds. The average Bonchev–Trinajstić information content (AvgIpc) is 3.33. The molecule has 9 heteroatoms.